The molecule has 0 radical (unpaired) electrons. The molecule has 2 aromatic heterocycles. The van der Waals surface area contributed by atoms with E-state index >= 15 is 0 Å². The first-order chi connectivity index (χ1) is 15.0. The van der Waals surface area contributed by atoms with Crippen molar-refractivity contribution in [2.45, 2.75) is 32.7 Å². The summed E-state index contributed by atoms with van der Waals surface area (Å²) in [6.07, 6.45) is 7.62. The summed E-state index contributed by atoms with van der Waals surface area (Å²) in [7, 11) is 0. The van der Waals surface area contributed by atoms with E-state index in [9.17, 15) is 0 Å². The molecular formula is C23H25Cl2N5O. The van der Waals surface area contributed by atoms with Crippen LogP contribution in [0.1, 0.15) is 29.8 Å². The van der Waals surface area contributed by atoms with Gasteiger partial charge in [-0.05, 0) is 38.8 Å². The molecule has 0 saturated carbocycles. The molecule has 0 atom stereocenters. The number of anilines is 1. The van der Waals surface area contributed by atoms with Crippen LogP contribution in [0.25, 0.3) is 16.8 Å². The molecule has 31 heavy (non-hydrogen) atoms. The van der Waals surface area contributed by atoms with E-state index in [1.807, 2.05) is 24.4 Å². The van der Waals surface area contributed by atoms with Crippen molar-refractivity contribution in [2.24, 2.45) is 0 Å². The average molecular weight is 458 g/mol. The Morgan fingerprint density at radius 2 is 1.84 bits per heavy atom. The standard InChI is InChI=1S/C23H25Cl2N5O/c1-4-16-12-18(24)22(19(25)13-16)21-15(3)29-30-20(11-14(2)28-23(21)30)27-8-7-26-17-5-9-31-10-6-17/h1,11-13,17,26-27H,5-10H2,2-3H3. The van der Waals surface area contributed by atoms with Crippen LogP contribution in [-0.4, -0.2) is 46.9 Å². The Hall–Kier alpha value is -2.30. The van der Waals surface area contributed by atoms with Crippen LogP contribution in [-0.2, 0) is 4.74 Å². The molecule has 0 unspecified atom stereocenters. The van der Waals surface area contributed by atoms with Crippen LogP contribution in [0.5, 0.6) is 0 Å². The van der Waals surface area contributed by atoms with Gasteiger partial charge in [-0.15, -0.1) is 6.42 Å². The Labute approximate surface area is 192 Å². The molecule has 1 aliphatic heterocycles. The maximum absolute atomic E-state index is 6.56. The Morgan fingerprint density at radius 1 is 1.13 bits per heavy atom. The Kier molecular flexibility index (Phi) is 6.68. The highest BCUT2D eigenvalue weighted by atomic mass is 35.5. The van der Waals surface area contributed by atoms with E-state index in [1.165, 1.54) is 0 Å². The minimum absolute atomic E-state index is 0.483. The van der Waals surface area contributed by atoms with Crippen LogP contribution < -0.4 is 10.6 Å². The maximum Gasteiger partial charge on any atom is 0.165 e. The number of hydrogen-bond donors (Lipinski definition) is 2. The normalized spacial score (nSPS) is 14.7. The third-order valence-electron chi connectivity index (χ3n) is 5.44. The first kappa shape index (κ1) is 21.9. The summed E-state index contributed by atoms with van der Waals surface area (Å²) in [5.41, 5.74) is 4.51. The van der Waals surface area contributed by atoms with Crippen LogP contribution in [0.2, 0.25) is 10.0 Å². The van der Waals surface area contributed by atoms with E-state index in [1.54, 1.807) is 12.1 Å². The number of terminal acetylenes is 1. The molecule has 4 rings (SSSR count). The van der Waals surface area contributed by atoms with Crippen molar-refractivity contribution in [2.75, 3.05) is 31.6 Å². The van der Waals surface area contributed by atoms with E-state index in [0.29, 0.717) is 32.9 Å². The number of hydrogen-bond acceptors (Lipinski definition) is 5. The molecule has 3 aromatic rings. The van der Waals surface area contributed by atoms with Gasteiger partial charge in [0.2, 0.25) is 0 Å². The van der Waals surface area contributed by atoms with Crippen molar-refractivity contribution in [3.63, 3.8) is 0 Å². The highest BCUT2D eigenvalue weighted by Crippen LogP contribution is 2.39. The lowest BCUT2D eigenvalue weighted by Crippen LogP contribution is -2.37. The van der Waals surface area contributed by atoms with Gasteiger partial charge in [-0.25, -0.2) is 4.98 Å². The van der Waals surface area contributed by atoms with Crippen LogP contribution >= 0.6 is 23.2 Å². The molecule has 6 nitrogen and oxygen atoms in total. The van der Waals surface area contributed by atoms with Gasteiger partial charge in [0.1, 0.15) is 5.82 Å². The molecule has 0 spiro atoms. The van der Waals surface area contributed by atoms with Crippen molar-refractivity contribution in [3.8, 4) is 23.5 Å². The van der Waals surface area contributed by atoms with Gasteiger partial charge in [-0.3, -0.25) is 0 Å². The highest BCUT2D eigenvalue weighted by Gasteiger charge is 2.21. The molecule has 1 aliphatic rings. The average Bonchev–Trinajstić information content (AvgIpc) is 3.07. The number of aryl methyl sites for hydroxylation is 2. The summed E-state index contributed by atoms with van der Waals surface area (Å²) < 4.78 is 7.23. The fraction of sp³-hybridized carbons (Fsp3) is 0.391. The van der Waals surface area contributed by atoms with Crippen LogP contribution in [0.4, 0.5) is 5.82 Å². The first-order valence-electron chi connectivity index (χ1n) is 10.4. The van der Waals surface area contributed by atoms with Crippen molar-refractivity contribution in [3.05, 3.63) is 45.2 Å². The number of fused-ring (bicyclic) bond motifs is 1. The predicted octanol–water partition coefficient (Wildman–Crippen LogP) is 4.48. The number of nitrogens with zero attached hydrogens (tertiary/aromatic N) is 3. The lowest BCUT2D eigenvalue weighted by Gasteiger charge is -2.23. The lowest BCUT2D eigenvalue weighted by molar-refractivity contribution is 0.0784. The molecule has 0 bridgehead atoms. The minimum atomic E-state index is 0.483. The van der Waals surface area contributed by atoms with E-state index in [-0.39, 0.29) is 0 Å². The zero-order valence-corrected chi connectivity index (χ0v) is 19.1. The quantitative estimate of drug-likeness (QED) is 0.421. The van der Waals surface area contributed by atoms with Gasteiger partial charge in [0, 0.05) is 55.2 Å². The second-order valence-electron chi connectivity index (χ2n) is 7.71. The van der Waals surface area contributed by atoms with Gasteiger partial charge in [-0.2, -0.15) is 9.61 Å². The zero-order chi connectivity index (χ0) is 22.0. The fourth-order valence-electron chi connectivity index (χ4n) is 3.93. The molecule has 1 aromatic carbocycles. The number of halogens is 2. The predicted molar refractivity (Wildman–Crippen MR) is 126 cm³/mol. The number of nitrogens with one attached hydrogen (secondary N) is 2. The Balaban J connectivity index is 1.62. The number of benzene rings is 1. The summed E-state index contributed by atoms with van der Waals surface area (Å²) in [4.78, 5) is 4.73. The largest absolute Gasteiger partial charge is 0.381 e. The molecule has 0 aliphatic carbocycles. The minimum Gasteiger partial charge on any atom is -0.381 e. The summed E-state index contributed by atoms with van der Waals surface area (Å²) >= 11 is 13.1. The molecule has 3 heterocycles. The zero-order valence-electron chi connectivity index (χ0n) is 17.6. The molecule has 2 N–H and O–H groups in total. The van der Waals surface area contributed by atoms with Crippen LogP contribution in [0, 0.1) is 26.2 Å². The molecule has 162 valence electrons. The van der Waals surface area contributed by atoms with Crippen LogP contribution in [0.15, 0.2) is 18.2 Å². The Bertz CT molecular complexity index is 1120. The Morgan fingerprint density at radius 3 is 2.52 bits per heavy atom. The number of aromatic nitrogens is 3. The summed E-state index contributed by atoms with van der Waals surface area (Å²) in [5.74, 6) is 3.45. The van der Waals surface area contributed by atoms with E-state index < -0.39 is 0 Å². The van der Waals surface area contributed by atoms with Gasteiger partial charge >= 0.3 is 0 Å². The monoisotopic (exact) mass is 457 g/mol. The third-order valence-corrected chi connectivity index (χ3v) is 6.03. The van der Waals surface area contributed by atoms with Gasteiger partial charge in [-0.1, -0.05) is 29.1 Å². The van der Waals surface area contributed by atoms with E-state index in [2.05, 4.69) is 16.6 Å². The maximum atomic E-state index is 6.56. The van der Waals surface area contributed by atoms with Crippen molar-refractivity contribution in [1.29, 1.82) is 0 Å². The molecule has 1 fully saturated rings. The van der Waals surface area contributed by atoms with E-state index in [4.69, 9.17) is 44.4 Å². The highest BCUT2D eigenvalue weighted by molar-refractivity contribution is 6.39. The summed E-state index contributed by atoms with van der Waals surface area (Å²) in [5, 5.41) is 12.8. The van der Waals surface area contributed by atoms with Crippen molar-refractivity contribution in [1.82, 2.24) is 19.9 Å². The lowest BCUT2D eigenvalue weighted by atomic mass is 10.0. The SMILES string of the molecule is C#Cc1cc(Cl)c(-c2c(C)nn3c(NCCNC4CCOCC4)cc(C)nc23)c(Cl)c1. The third kappa shape index (κ3) is 4.65. The summed E-state index contributed by atoms with van der Waals surface area (Å²) in [6.45, 7) is 7.17. The molecular weight excluding hydrogens is 433 g/mol. The molecule has 8 heteroatoms. The fourth-order valence-corrected chi connectivity index (χ4v) is 4.60. The van der Waals surface area contributed by atoms with E-state index in [0.717, 1.165) is 61.9 Å². The molecule has 0 amide bonds. The second kappa shape index (κ2) is 9.46. The topological polar surface area (TPSA) is 63.5 Å². The number of ether oxygens (including phenoxy) is 1. The van der Waals surface area contributed by atoms with Crippen LogP contribution in [0.3, 0.4) is 0 Å². The van der Waals surface area contributed by atoms with Gasteiger partial charge in [0.05, 0.1) is 21.3 Å². The van der Waals surface area contributed by atoms with Gasteiger partial charge in [0.15, 0.2) is 5.65 Å². The second-order valence-corrected chi connectivity index (χ2v) is 8.52. The van der Waals surface area contributed by atoms with Gasteiger partial charge < -0.3 is 15.4 Å². The smallest absolute Gasteiger partial charge is 0.165 e. The molecule has 1 saturated heterocycles. The van der Waals surface area contributed by atoms with Crippen molar-refractivity contribution >= 4 is 34.7 Å². The first-order valence-corrected chi connectivity index (χ1v) is 11.1. The number of rotatable bonds is 6. The van der Waals surface area contributed by atoms with Gasteiger partial charge in [0.25, 0.3) is 0 Å². The van der Waals surface area contributed by atoms with Crippen molar-refractivity contribution < 1.29 is 4.74 Å². The summed E-state index contributed by atoms with van der Waals surface area (Å²) in [6, 6.07) is 5.98.